The van der Waals surface area contributed by atoms with Gasteiger partial charge in [0.1, 0.15) is 0 Å². The summed E-state index contributed by atoms with van der Waals surface area (Å²) in [5.41, 5.74) is 5.42. The van der Waals surface area contributed by atoms with Gasteiger partial charge in [-0.3, -0.25) is 9.59 Å². The van der Waals surface area contributed by atoms with Gasteiger partial charge in [0, 0.05) is 19.0 Å². The fourth-order valence-corrected chi connectivity index (χ4v) is 0.902. The van der Waals surface area contributed by atoms with Crippen molar-refractivity contribution in [1.29, 1.82) is 0 Å². The quantitative estimate of drug-likeness (QED) is 0.584. The molecule has 1 amide bonds. The summed E-state index contributed by atoms with van der Waals surface area (Å²) in [5, 5.41) is 2.58. The van der Waals surface area contributed by atoms with Crippen LogP contribution in [0.2, 0.25) is 0 Å². The second-order valence-corrected chi connectivity index (χ2v) is 3.09. The molecular weight excluding hydrogens is 184 g/mol. The SMILES string of the molecule is CCOC(=O)CCNC(=O)CC(C)N. The fraction of sp³-hybridized carbons (Fsp3) is 0.778. The van der Waals surface area contributed by atoms with Crippen molar-refractivity contribution in [3.63, 3.8) is 0 Å². The molecule has 0 fully saturated rings. The van der Waals surface area contributed by atoms with Crippen LogP contribution in [-0.2, 0) is 14.3 Å². The summed E-state index contributed by atoms with van der Waals surface area (Å²) in [4.78, 5) is 21.9. The van der Waals surface area contributed by atoms with Crippen molar-refractivity contribution in [3.8, 4) is 0 Å². The molecule has 5 nitrogen and oxygen atoms in total. The van der Waals surface area contributed by atoms with E-state index in [-0.39, 0.29) is 30.8 Å². The third-order valence-electron chi connectivity index (χ3n) is 1.46. The van der Waals surface area contributed by atoms with Crippen LogP contribution in [0, 0.1) is 0 Å². The lowest BCUT2D eigenvalue weighted by Gasteiger charge is -2.06. The molecule has 0 saturated heterocycles. The summed E-state index contributed by atoms with van der Waals surface area (Å²) in [5.74, 6) is -0.433. The van der Waals surface area contributed by atoms with Gasteiger partial charge in [0.05, 0.1) is 13.0 Å². The van der Waals surface area contributed by atoms with Gasteiger partial charge in [-0.1, -0.05) is 0 Å². The number of ether oxygens (including phenoxy) is 1. The lowest BCUT2D eigenvalue weighted by molar-refractivity contribution is -0.143. The highest BCUT2D eigenvalue weighted by Crippen LogP contribution is 1.88. The topological polar surface area (TPSA) is 81.4 Å². The molecule has 1 atom stereocenters. The van der Waals surface area contributed by atoms with Crippen LogP contribution < -0.4 is 11.1 Å². The molecule has 0 aromatic carbocycles. The Morgan fingerprint density at radius 3 is 2.64 bits per heavy atom. The third kappa shape index (κ3) is 7.54. The highest BCUT2D eigenvalue weighted by atomic mass is 16.5. The van der Waals surface area contributed by atoms with Crippen LogP contribution in [0.1, 0.15) is 26.7 Å². The van der Waals surface area contributed by atoms with Crippen molar-refractivity contribution in [2.45, 2.75) is 32.7 Å². The van der Waals surface area contributed by atoms with E-state index in [4.69, 9.17) is 5.73 Å². The Kier molecular flexibility index (Phi) is 6.74. The van der Waals surface area contributed by atoms with Gasteiger partial charge in [-0.25, -0.2) is 0 Å². The van der Waals surface area contributed by atoms with Gasteiger partial charge in [-0.15, -0.1) is 0 Å². The first-order chi connectivity index (χ1) is 6.56. The van der Waals surface area contributed by atoms with E-state index in [1.54, 1.807) is 13.8 Å². The Bertz CT molecular complexity index is 192. The van der Waals surface area contributed by atoms with Gasteiger partial charge in [0.25, 0.3) is 0 Å². The monoisotopic (exact) mass is 202 g/mol. The number of carbonyl (C=O) groups excluding carboxylic acids is 2. The summed E-state index contributed by atoms with van der Waals surface area (Å²) in [6.07, 6.45) is 0.487. The number of amides is 1. The van der Waals surface area contributed by atoms with Gasteiger partial charge >= 0.3 is 5.97 Å². The lowest BCUT2D eigenvalue weighted by Crippen LogP contribution is -2.31. The van der Waals surface area contributed by atoms with Crippen molar-refractivity contribution < 1.29 is 14.3 Å². The molecule has 82 valence electrons. The minimum absolute atomic E-state index is 0.135. The standard InChI is InChI=1S/C9H18N2O3/c1-3-14-9(13)4-5-11-8(12)6-7(2)10/h7H,3-6,10H2,1-2H3,(H,11,12). The Labute approximate surface area is 84.0 Å². The minimum atomic E-state index is -0.298. The molecule has 0 aliphatic rings. The molecule has 0 aromatic rings. The van der Waals surface area contributed by atoms with Crippen LogP contribution in [0.15, 0.2) is 0 Å². The summed E-state index contributed by atoms with van der Waals surface area (Å²) >= 11 is 0. The van der Waals surface area contributed by atoms with E-state index >= 15 is 0 Å². The second kappa shape index (κ2) is 7.32. The van der Waals surface area contributed by atoms with Crippen LogP contribution >= 0.6 is 0 Å². The van der Waals surface area contributed by atoms with E-state index in [0.29, 0.717) is 13.2 Å². The second-order valence-electron chi connectivity index (χ2n) is 3.09. The molecule has 14 heavy (non-hydrogen) atoms. The Morgan fingerprint density at radius 1 is 1.50 bits per heavy atom. The fourth-order valence-electron chi connectivity index (χ4n) is 0.902. The van der Waals surface area contributed by atoms with E-state index in [1.165, 1.54) is 0 Å². The van der Waals surface area contributed by atoms with Crippen molar-refractivity contribution in [1.82, 2.24) is 5.32 Å². The average Bonchev–Trinajstić information content (AvgIpc) is 2.02. The van der Waals surface area contributed by atoms with Crippen molar-refractivity contribution >= 4 is 11.9 Å². The highest BCUT2D eigenvalue weighted by Gasteiger charge is 2.06. The number of nitrogens with one attached hydrogen (secondary N) is 1. The van der Waals surface area contributed by atoms with Crippen LogP contribution in [0.5, 0.6) is 0 Å². The molecule has 0 radical (unpaired) electrons. The maximum Gasteiger partial charge on any atom is 0.307 e. The van der Waals surface area contributed by atoms with E-state index in [2.05, 4.69) is 10.1 Å². The van der Waals surface area contributed by atoms with Crippen LogP contribution in [0.3, 0.4) is 0 Å². The minimum Gasteiger partial charge on any atom is -0.466 e. The van der Waals surface area contributed by atoms with E-state index in [1.807, 2.05) is 0 Å². The molecule has 0 spiro atoms. The maximum absolute atomic E-state index is 11.0. The summed E-state index contributed by atoms with van der Waals surface area (Å²) in [6.45, 7) is 4.18. The predicted octanol–water partition coefficient (Wildman–Crippen LogP) is -0.207. The van der Waals surface area contributed by atoms with Crippen LogP contribution in [-0.4, -0.2) is 31.1 Å². The number of hydrogen-bond donors (Lipinski definition) is 2. The molecule has 1 unspecified atom stereocenters. The average molecular weight is 202 g/mol. The van der Waals surface area contributed by atoms with E-state index < -0.39 is 0 Å². The Hall–Kier alpha value is -1.10. The molecule has 5 heteroatoms. The zero-order valence-corrected chi connectivity index (χ0v) is 8.71. The predicted molar refractivity (Wildman–Crippen MR) is 52.5 cm³/mol. The lowest BCUT2D eigenvalue weighted by atomic mass is 10.2. The largest absolute Gasteiger partial charge is 0.466 e. The zero-order valence-electron chi connectivity index (χ0n) is 8.71. The van der Waals surface area contributed by atoms with E-state index in [9.17, 15) is 9.59 Å². The van der Waals surface area contributed by atoms with Gasteiger partial charge in [0.2, 0.25) is 5.91 Å². The number of esters is 1. The van der Waals surface area contributed by atoms with Gasteiger partial charge in [-0.2, -0.15) is 0 Å². The number of rotatable bonds is 6. The van der Waals surface area contributed by atoms with Crippen molar-refractivity contribution in [3.05, 3.63) is 0 Å². The molecule has 3 N–H and O–H groups in total. The smallest absolute Gasteiger partial charge is 0.307 e. The van der Waals surface area contributed by atoms with Gasteiger partial charge < -0.3 is 15.8 Å². The molecule has 0 aromatic heterocycles. The van der Waals surface area contributed by atoms with Gasteiger partial charge in [0.15, 0.2) is 0 Å². The summed E-state index contributed by atoms with van der Waals surface area (Å²) in [6, 6.07) is -0.155. The highest BCUT2D eigenvalue weighted by molar-refractivity contribution is 5.77. The molecule has 0 saturated carbocycles. The van der Waals surface area contributed by atoms with Crippen LogP contribution in [0.25, 0.3) is 0 Å². The van der Waals surface area contributed by atoms with Crippen LogP contribution in [0.4, 0.5) is 0 Å². The summed E-state index contributed by atoms with van der Waals surface area (Å²) in [7, 11) is 0. The first kappa shape index (κ1) is 12.9. The maximum atomic E-state index is 11.0. The molecule has 0 bridgehead atoms. The first-order valence-corrected chi connectivity index (χ1v) is 4.74. The number of hydrogen-bond acceptors (Lipinski definition) is 4. The number of carbonyl (C=O) groups is 2. The first-order valence-electron chi connectivity index (χ1n) is 4.74. The molecule has 0 aliphatic heterocycles. The molecule has 0 rings (SSSR count). The van der Waals surface area contributed by atoms with Crippen molar-refractivity contribution in [2.24, 2.45) is 5.73 Å². The number of nitrogens with two attached hydrogens (primary N) is 1. The third-order valence-corrected chi connectivity index (χ3v) is 1.46. The summed E-state index contributed by atoms with van der Waals surface area (Å²) < 4.78 is 4.69. The molecule has 0 aliphatic carbocycles. The zero-order chi connectivity index (χ0) is 11.0. The van der Waals surface area contributed by atoms with Crippen molar-refractivity contribution in [2.75, 3.05) is 13.2 Å². The Balaban J connectivity index is 3.44. The normalized spacial score (nSPS) is 11.9. The Morgan fingerprint density at radius 2 is 2.14 bits per heavy atom. The molecular formula is C9H18N2O3. The molecule has 0 heterocycles. The van der Waals surface area contributed by atoms with Gasteiger partial charge in [-0.05, 0) is 13.8 Å². The van der Waals surface area contributed by atoms with E-state index in [0.717, 1.165) is 0 Å².